The van der Waals surface area contributed by atoms with E-state index >= 15 is 0 Å². The third-order valence-corrected chi connectivity index (χ3v) is 2.97. The fraction of sp³-hybridized carbons (Fsp3) is 0.444. The van der Waals surface area contributed by atoms with Crippen LogP contribution < -0.4 is 5.32 Å². The summed E-state index contributed by atoms with van der Waals surface area (Å²) in [6, 6.07) is 0.254. The van der Waals surface area contributed by atoms with Gasteiger partial charge in [-0.1, -0.05) is 5.16 Å². The summed E-state index contributed by atoms with van der Waals surface area (Å²) in [5.41, 5.74) is 1.82. The van der Waals surface area contributed by atoms with Crippen LogP contribution in [0.2, 0.25) is 0 Å². The molecular formula is C9H12N4OS. The maximum atomic E-state index is 5.00. The van der Waals surface area contributed by atoms with Crippen LogP contribution >= 0.6 is 11.3 Å². The van der Waals surface area contributed by atoms with Crippen molar-refractivity contribution in [2.24, 2.45) is 0 Å². The topological polar surface area (TPSA) is 63.8 Å². The zero-order valence-electron chi connectivity index (χ0n) is 8.60. The summed E-state index contributed by atoms with van der Waals surface area (Å²) in [5.74, 6) is 1.28. The van der Waals surface area contributed by atoms with Crippen molar-refractivity contribution in [3.63, 3.8) is 0 Å². The van der Waals surface area contributed by atoms with Gasteiger partial charge in [-0.15, -0.1) is 11.3 Å². The highest BCUT2D eigenvalue weighted by atomic mass is 32.1. The number of aryl methyl sites for hydroxylation is 1. The van der Waals surface area contributed by atoms with Crippen LogP contribution in [0.5, 0.6) is 0 Å². The first-order chi connectivity index (χ1) is 7.25. The molecule has 0 radical (unpaired) electrons. The largest absolute Gasteiger partial charge is 0.338 e. The first-order valence-corrected chi connectivity index (χ1v) is 5.54. The van der Waals surface area contributed by atoms with E-state index in [-0.39, 0.29) is 6.04 Å². The van der Waals surface area contributed by atoms with Crippen molar-refractivity contribution < 1.29 is 4.52 Å². The highest BCUT2D eigenvalue weighted by Gasteiger charge is 2.08. The predicted molar refractivity (Wildman–Crippen MR) is 56.4 cm³/mol. The molecule has 0 saturated carbocycles. The van der Waals surface area contributed by atoms with Gasteiger partial charge in [0.2, 0.25) is 5.89 Å². The van der Waals surface area contributed by atoms with E-state index in [1.807, 2.05) is 11.7 Å². The molecule has 0 aromatic carbocycles. The van der Waals surface area contributed by atoms with Crippen LogP contribution in [-0.4, -0.2) is 15.1 Å². The van der Waals surface area contributed by atoms with E-state index in [0.29, 0.717) is 18.3 Å². The highest BCUT2D eigenvalue weighted by Crippen LogP contribution is 2.16. The van der Waals surface area contributed by atoms with Crippen LogP contribution in [-0.2, 0) is 6.54 Å². The van der Waals surface area contributed by atoms with Crippen LogP contribution in [0.4, 0.5) is 0 Å². The molecule has 80 valence electrons. The molecule has 1 N–H and O–H groups in total. The molecule has 0 fully saturated rings. The number of hydrogen-bond donors (Lipinski definition) is 1. The minimum atomic E-state index is 0.254. The molecule has 2 aromatic rings. The van der Waals surface area contributed by atoms with Gasteiger partial charge in [0.05, 0.1) is 12.1 Å². The fourth-order valence-electron chi connectivity index (χ4n) is 1.19. The lowest BCUT2D eigenvalue weighted by Gasteiger charge is -2.08. The van der Waals surface area contributed by atoms with Gasteiger partial charge in [-0.05, 0) is 13.8 Å². The van der Waals surface area contributed by atoms with E-state index in [2.05, 4.69) is 27.4 Å². The van der Waals surface area contributed by atoms with Crippen LogP contribution in [0, 0.1) is 6.92 Å². The zero-order valence-corrected chi connectivity index (χ0v) is 9.41. The second kappa shape index (κ2) is 4.50. The van der Waals surface area contributed by atoms with Gasteiger partial charge in [-0.2, -0.15) is 4.98 Å². The SMILES string of the molecule is Cc1noc(CNC(C)c2cncs2)n1. The average Bonchev–Trinajstić information content (AvgIpc) is 2.84. The standard InChI is InChI=1S/C9H12N4OS/c1-6(8-3-10-5-15-8)11-4-9-12-7(2)13-14-9/h3,5-6,11H,4H2,1-2H3. The summed E-state index contributed by atoms with van der Waals surface area (Å²) in [6.07, 6.45) is 1.86. The molecule has 2 aromatic heterocycles. The van der Waals surface area contributed by atoms with Crippen molar-refractivity contribution in [2.75, 3.05) is 0 Å². The lowest BCUT2D eigenvalue weighted by Crippen LogP contribution is -2.17. The van der Waals surface area contributed by atoms with E-state index in [1.54, 1.807) is 18.3 Å². The zero-order chi connectivity index (χ0) is 10.7. The van der Waals surface area contributed by atoms with Crippen molar-refractivity contribution in [1.82, 2.24) is 20.4 Å². The summed E-state index contributed by atoms with van der Waals surface area (Å²) in [7, 11) is 0. The van der Waals surface area contributed by atoms with Crippen LogP contribution in [0.1, 0.15) is 29.6 Å². The van der Waals surface area contributed by atoms with Gasteiger partial charge in [0.15, 0.2) is 5.82 Å². The van der Waals surface area contributed by atoms with Gasteiger partial charge >= 0.3 is 0 Å². The van der Waals surface area contributed by atoms with Crippen molar-refractivity contribution in [3.8, 4) is 0 Å². The van der Waals surface area contributed by atoms with Gasteiger partial charge in [-0.25, -0.2) is 0 Å². The Morgan fingerprint density at radius 2 is 2.47 bits per heavy atom. The Bertz CT molecular complexity index is 411. The molecule has 0 amide bonds. The molecule has 5 nitrogen and oxygen atoms in total. The van der Waals surface area contributed by atoms with E-state index in [1.165, 1.54) is 4.88 Å². The number of thiazole rings is 1. The quantitative estimate of drug-likeness (QED) is 0.856. The summed E-state index contributed by atoms with van der Waals surface area (Å²) < 4.78 is 5.00. The van der Waals surface area contributed by atoms with Crippen molar-refractivity contribution in [1.29, 1.82) is 0 Å². The molecule has 1 unspecified atom stereocenters. The molecule has 6 heteroatoms. The Morgan fingerprint density at radius 1 is 1.60 bits per heavy atom. The number of hydrogen-bond acceptors (Lipinski definition) is 6. The van der Waals surface area contributed by atoms with E-state index < -0.39 is 0 Å². The van der Waals surface area contributed by atoms with Crippen LogP contribution in [0.15, 0.2) is 16.2 Å². The van der Waals surface area contributed by atoms with Crippen molar-refractivity contribution in [3.05, 3.63) is 28.3 Å². The van der Waals surface area contributed by atoms with E-state index in [9.17, 15) is 0 Å². The van der Waals surface area contributed by atoms with Gasteiger partial charge in [0.1, 0.15) is 0 Å². The normalized spacial score (nSPS) is 12.9. The molecule has 15 heavy (non-hydrogen) atoms. The van der Waals surface area contributed by atoms with E-state index in [0.717, 1.165) is 0 Å². The molecule has 0 bridgehead atoms. The number of nitrogens with one attached hydrogen (secondary N) is 1. The molecule has 0 saturated heterocycles. The first kappa shape index (κ1) is 10.3. The Balaban J connectivity index is 1.88. The number of aromatic nitrogens is 3. The lowest BCUT2D eigenvalue weighted by atomic mass is 10.3. The fourth-order valence-corrected chi connectivity index (χ4v) is 1.84. The van der Waals surface area contributed by atoms with Gasteiger partial charge in [-0.3, -0.25) is 4.98 Å². The first-order valence-electron chi connectivity index (χ1n) is 4.66. The lowest BCUT2D eigenvalue weighted by molar-refractivity contribution is 0.358. The Hall–Kier alpha value is -1.27. The molecule has 2 heterocycles. The number of rotatable bonds is 4. The van der Waals surface area contributed by atoms with E-state index in [4.69, 9.17) is 4.52 Å². The van der Waals surface area contributed by atoms with Crippen molar-refractivity contribution >= 4 is 11.3 Å². The minimum Gasteiger partial charge on any atom is -0.338 e. The molecule has 2 rings (SSSR count). The Kier molecular flexibility index (Phi) is 3.08. The third kappa shape index (κ3) is 2.60. The summed E-state index contributed by atoms with van der Waals surface area (Å²) in [4.78, 5) is 9.34. The summed E-state index contributed by atoms with van der Waals surface area (Å²) in [5, 5.41) is 7.01. The molecular weight excluding hydrogens is 212 g/mol. The molecule has 0 spiro atoms. The minimum absolute atomic E-state index is 0.254. The highest BCUT2D eigenvalue weighted by molar-refractivity contribution is 7.09. The molecule has 0 aliphatic carbocycles. The second-order valence-electron chi connectivity index (χ2n) is 3.24. The predicted octanol–water partition coefficient (Wildman–Crippen LogP) is 1.69. The average molecular weight is 224 g/mol. The van der Waals surface area contributed by atoms with Crippen LogP contribution in [0.3, 0.4) is 0 Å². The van der Waals surface area contributed by atoms with Gasteiger partial charge in [0, 0.05) is 17.1 Å². The van der Waals surface area contributed by atoms with Crippen LogP contribution in [0.25, 0.3) is 0 Å². The number of nitrogens with zero attached hydrogens (tertiary/aromatic N) is 3. The molecule has 0 aliphatic heterocycles. The maximum absolute atomic E-state index is 5.00. The smallest absolute Gasteiger partial charge is 0.240 e. The van der Waals surface area contributed by atoms with Crippen molar-refractivity contribution in [2.45, 2.75) is 26.4 Å². The maximum Gasteiger partial charge on any atom is 0.240 e. The summed E-state index contributed by atoms with van der Waals surface area (Å²) >= 11 is 1.63. The Morgan fingerprint density at radius 3 is 3.07 bits per heavy atom. The second-order valence-corrected chi connectivity index (χ2v) is 4.16. The monoisotopic (exact) mass is 224 g/mol. The third-order valence-electron chi connectivity index (χ3n) is 2.01. The van der Waals surface area contributed by atoms with Gasteiger partial charge < -0.3 is 9.84 Å². The molecule has 1 atom stereocenters. The van der Waals surface area contributed by atoms with Gasteiger partial charge in [0.25, 0.3) is 0 Å². The molecule has 0 aliphatic rings. The Labute approximate surface area is 91.5 Å². The summed E-state index contributed by atoms with van der Waals surface area (Å²) in [6.45, 7) is 4.47.